The summed E-state index contributed by atoms with van der Waals surface area (Å²) in [4.78, 5) is 1.75. The van der Waals surface area contributed by atoms with Crippen LogP contribution in [0.4, 0.5) is 0 Å². The molecule has 0 N–H and O–H groups in total. The summed E-state index contributed by atoms with van der Waals surface area (Å²) in [6.07, 6.45) is 0. The first kappa shape index (κ1) is 15.6. The van der Waals surface area contributed by atoms with E-state index in [0.29, 0.717) is 20.1 Å². The van der Waals surface area contributed by atoms with Gasteiger partial charge in [0.05, 0.1) is 0 Å². The number of hydrogen-bond donors (Lipinski definition) is 0. The molecule has 0 aliphatic heterocycles. The van der Waals surface area contributed by atoms with Crippen LogP contribution in [0.2, 0.25) is 20.1 Å². The average molecular weight is 370 g/mol. The van der Waals surface area contributed by atoms with Gasteiger partial charge in [0.25, 0.3) is 0 Å². The van der Waals surface area contributed by atoms with Crippen LogP contribution in [-0.2, 0) is 0 Å². The van der Waals surface area contributed by atoms with Crippen LogP contribution >= 0.6 is 70.3 Å². The van der Waals surface area contributed by atoms with Crippen LogP contribution in [0.15, 0.2) is 46.2 Å². The van der Waals surface area contributed by atoms with Gasteiger partial charge in [-0.15, -0.1) is 0 Å². The van der Waals surface area contributed by atoms with Crippen molar-refractivity contribution < 1.29 is 0 Å². The van der Waals surface area contributed by atoms with Crippen LogP contribution in [0.5, 0.6) is 0 Å². The summed E-state index contributed by atoms with van der Waals surface area (Å²) in [5.74, 6) is 0. The molecular formula is C12H6Cl4NS2. The summed E-state index contributed by atoms with van der Waals surface area (Å²) < 4.78 is 4.28. The third-order valence-electron chi connectivity index (χ3n) is 1.96. The minimum atomic E-state index is 0.584. The van der Waals surface area contributed by atoms with E-state index >= 15 is 0 Å². The molecule has 0 atom stereocenters. The van der Waals surface area contributed by atoms with E-state index in [1.165, 1.54) is 23.9 Å². The van der Waals surface area contributed by atoms with E-state index in [1.54, 1.807) is 36.4 Å². The lowest BCUT2D eigenvalue weighted by Gasteiger charge is -2.03. The molecule has 1 nitrogen and oxygen atoms in total. The lowest BCUT2D eigenvalue weighted by atomic mass is 10.4. The molecule has 0 fully saturated rings. The quantitative estimate of drug-likeness (QED) is 0.562. The van der Waals surface area contributed by atoms with E-state index in [2.05, 4.69) is 4.13 Å². The van der Waals surface area contributed by atoms with Gasteiger partial charge in [0.1, 0.15) is 0 Å². The lowest BCUT2D eigenvalue weighted by Crippen LogP contribution is -1.83. The van der Waals surface area contributed by atoms with Gasteiger partial charge in [0.15, 0.2) is 0 Å². The standard InChI is InChI=1S/C12H6Cl4NS2/c13-7-1-8(14)4-11(3-7)18-17-19-12-5-9(15)2-10(16)6-12/h1-6H. The zero-order valence-electron chi connectivity index (χ0n) is 9.24. The van der Waals surface area contributed by atoms with Crippen LogP contribution in [0.1, 0.15) is 0 Å². The summed E-state index contributed by atoms with van der Waals surface area (Å²) in [7, 11) is 0. The van der Waals surface area contributed by atoms with Gasteiger partial charge in [0, 0.05) is 29.9 Å². The Morgan fingerprint density at radius 3 is 1.21 bits per heavy atom. The van der Waals surface area contributed by atoms with Crippen LogP contribution in [-0.4, -0.2) is 0 Å². The molecule has 0 unspecified atom stereocenters. The molecule has 7 heteroatoms. The first-order chi connectivity index (χ1) is 9.02. The van der Waals surface area contributed by atoms with E-state index in [0.717, 1.165) is 9.79 Å². The highest BCUT2D eigenvalue weighted by molar-refractivity contribution is 8.12. The fourth-order valence-electron chi connectivity index (χ4n) is 1.27. The van der Waals surface area contributed by atoms with Crippen molar-refractivity contribution >= 4 is 70.3 Å². The van der Waals surface area contributed by atoms with Crippen molar-refractivity contribution in [2.75, 3.05) is 0 Å². The van der Waals surface area contributed by atoms with Gasteiger partial charge in [-0.1, -0.05) is 50.5 Å². The average Bonchev–Trinajstić information content (AvgIpc) is 2.26. The number of hydrogen-bond acceptors (Lipinski definition) is 2. The fraction of sp³-hybridized carbons (Fsp3) is 0. The van der Waals surface area contributed by atoms with E-state index in [4.69, 9.17) is 46.4 Å². The molecule has 0 saturated heterocycles. The Bertz CT molecular complexity index is 500. The number of nitrogens with zero attached hydrogens (tertiary/aromatic N) is 1. The molecule has 0 aliphatic rings. The Morgan fingerprint density at radius 1 is 0.579 bits per heavy atom. The Balaban J connectivity index is 1.96. The lowest BCUT2D eigenvalue weighted by molar-refractivity contribution is 1.42. The van der Waals surface area contributed by atoms with Crippen molar-refractivity contribution in [2.24, 2.45) is 0 Å². The SMILES string of the molecule is Clc1cc(Cl)cc(S[N]Sc2cc(Cl)cc(Cl)c2)c1. The monoisotopic (exact) mass is 368 g/mol. The molecule has 2 rings (SSSR count). The van der Waals surface area contributed by atoms with Gasteiger partial charge < -0.3 is 0 Å². The Morgan fingerprint density at radius 2 is 0.895 bits per heavy atom. The van der Waals surface area contributed by atoms with E-state index in [-0.39, 0.29) is 0 Å². The van der Waals surface area contributed by atoms with Crippen molar-refractivity contribution in [3.8, 4) is 0 Å². The summed E-state index contributed by atoms with van der Waals surface area (Å²) in [5.41, 5.74) is 0. The molecule has 0 aliphatic carbocycles. The van der Waals surface area contributed by atoms with E-state index in [1.807, 2.05) is 0 Å². The Kier molecular flexibility index (Phi) is 6.03. The summed E-state index contributed by atoms with van der Waals surface area (Å²) >= 11 is 26.2. The maximum absolute atomic E-state index is 5.91. The van der Waals surface area contributed by atoms with Crippen LogP contribution in [0.25, 0.3) is 0 Å². The smallest absolute Gasteiger partial charge is 0.0432 e. The molecule has 19 heavy (non-hydrogen) atoms. The van der Waals surface area contributed by atoms with Gasteiger partial charge in [-0.05, 0) is 60.3 Å². The maximum Gasteiger partial charge on any atom is 0.0432 e. The Hall–Kier alpha value is 0.260. The topological polar surface area (TPSA) is 14.1 Å². The second kappa shape index (κ2) is 7.32. The van der Waals surface area contributed by atoms with Crippen LogP contribution < -0.4 is 4.13 Å². The largest absolute Gasteiger partial charge is 0.0968 e. The van der Waals surface area contributed by atoms with E-state index in [9.17, 15) is 0 Å². The molecule has 0 bridgehead atoms. The highest BCUT2D eigenvalue weighted by Crippen LogP contribution is 2.31. The maximum atomic E-state index is 5.91. The molecule has 0 spiro atoms. The second-order valence-corrected chi connectivity index (χ2v) is 7.12. The van der Waals surface area contributed by atoms with Gasteiger partial charge in [-0.2, -0.15) is 0 Å². The van der Waals surface area contributed by atoms with Gasteiger partial charge >= 0.3 is 0 Å². The normalized spacial score (nSPS) is 10.7. The van der Waals surface area contributed by atoms with Crippen LogP contribution in [0, 0.1) is 0 Å². The van der Waals surface area contributed by atoms with Crippen molar-refractivity contribution in [1.29, 1.82) is 0 Å². The third kappa shape index (κ3) is 5.27. The molecule has 0 heterocycles. The minimum absolute atomic E-state index is 0.584. The predicted molar refractivity (Wildman–Crippen MR) is 86.8 cm³/mol. The zero-order valence-corrected chi connectivity index (χ0v) is 13.9. The summed E-state index contributed by atoms with van der Waals surface area (Å²) in [6, 6.07) is 10.6. The van der Waals surface area contributed by atoms with Crippen molar-refractivity contribution in [1.82, 2.24) is 4.13 Å². The molecule has 2 aromatic rings. The molecule has 0 saturated carbocycles. The molecule has 0 amide bonds. The van der Waals surface area contributed by atoms with E-state index < -0.39 is 0 Å². The molecule has 1 radical (unpaired) electrons. The Labute approximate surface area is 140 Å². The van der Waals surface area contributed by atoms with Gasteiger partial charge in [-0.3, -0.25) is 0 Å². The zero-order chi connectivity index (χ0) is 13.8. The van der Waals surface area contributed by atoms with Crippen molar-refractivity contribution in [3.63, 3.8) is 0 Å². The van der Waals surface area contributed by atoms with Crippen molar-refractivity contribution in [3.05, 3.63) is 56.5 Å². The summed E-state index contributed by atoms with van der Waals surface area (Å²) in [6.45, 7) is 0. The highest BCUT2D eigenvalue weighted by atomic mass is 35.5. The molecule has 2 aromatic carbocycles. The number of benzene rings is 2. The predicted octanol–water partition coefficient (Wildman–Crippen LogP) is 6.62. The first-order valence-corrected chi connectivity index (χ1v) is 8.05. The fourth-order valence-corrected chi connectivity index (χ4v) is 4.13. The third-order valence-corrected chi connectivity index (χ3v) is 4.32. The number of halogens is 4. The van der Waals surface area contributed by atoms with Gasteiger partial charge in [-0.25, -0.2) is 0 Å². The van der Waals surface area contributed by atoms with Crippen LogP contribution in [0.3, 0.4) is 0 Å². The number of rotatable bonds is 4. The minimum Gasteiger partial charge on any atom is -0.0968 e. The second-order valence-electron chi connectivity index (χ2n) is 3.47. The van der Waals surface area contributed by atoms with Crippen molar-refractivity contribution in [2.45, 2.75) is 9.79 Å². The highest BCUT2D eigenvalue weighted by Gasteiger charge is 2.03. The molecule has 99 valence electrons. The molecular weight excluding hydrogens is 364 g/mol. The molecule has 0 aromatic heterocycles. The van der Waals surface area contributed by atoms with Gasteiger partial charge in [0.2, 0.25) is 0 Å². The first-order valence-electron chi connectivity index (χ1n) is 4.99. The summed E-state index contributed by atoms with van der Waals surface area (Å²) in [5, 5.41) is 2.34.